The Morgan fingerprint density at radius 3 is 3.00 bits per heavy atom. The van der Waals surface area contributed by atoms with Crippen LogP contribution in [0.3, 0.4) is 0 Å². The maximum Gasteiger partial charge on any atom is 0.219 e. The molecule has 3 heterocycles. The molecule has 1 aromatic heterocycles. The van der Waals surface area contributed by atoms with Gasteiger partial charge in [-0.25, -0.2) is 0 Å². The molecule has 0 radical (unpaired) electrons. The normalized spacial score (nSPS) is 24.4. The second-order valence-corrected chi connectivity index (χ2v) is 6.00. The van der Waals surface area contributed by atoms with Crippen molar-refractivity contribution in [2.24, 2.45) is 0 Å². The van der Waals surface area contributed by atoms with Crippen LogP contribution in [0.1, 0.15) is 31.7 Å². The van der Waals surface area contributed by atoms with Crippen LogP contribution in [0, 0.1) is 0 Å². The van der Waals surface area contributed by atoms with Crippen molar-refractivity contribution in [3.8, 4) is 0 Å². The van der Waals surface area contributed by atoms with E-state index >= 15 is 0 Å². The van der Waals surface area contributed by atoms with Crippen LogP contribution < -0.4 is 0 Å². The van der Waals surface area contributed by atoms with Gasteiger partial charge in [-0.15, -0.1) is 0 Å². The molecule has 1 aromatic rings. The molecule has 0 saturated carbocycles. The van der Waals surface area contributed by atoms with Crippen LogP contribution in [0.5, 0.6) is 0 Å². The fourth-order valence-corrected chi connectivity index (χ4v) is 3.18. The molecule has 0 unspecified atom stereocenters. The van der Waals surface area contributed by atoms with Gasteiger partial charge in [0.15, 0.2) is 0 Å². The lowest BCUT2D eigenvalue weighted by molar-refractivity contribution is -0.133. The molecular weight excluding hydrogens is 268 g/mol. The number of carbonyl (C=O) groups is 1. The third-order valence-corrected chi connectivity index (χ3v) is 4.50. The fraction of sp³-hybridized carbons (Fsp3) is 0.625. The predicted octanol–water partition coefficient (Wildman–Crippen LogP) is 1.77. The Labute approximate surface area is 125 Å². The van der Waals surface area contributed by atoms with Crippen molar-refractivity contribution < 1.29 is 14.3 Å². The Kier molecular flexibility index (Phi) is 4.22. The highest BCUT2D eigenvalue weighted by atomic mass is 16.6. The highest BCUT2D eigenvalue weighted by molar-refractivity contribution is 5.73. The number of likely N-dealkylation sites (tertiary alicyclic amines) is 1. The molecule has 0 aromatic carbocycles. The highest BCUT2D eigenvalue weighted by Crippen LogP contribution is 2.37. The van der Waals surface area contributed by atoms with Gasteiger partial charge >= 0.3 is 0 Å². The standard InChI is InChI=1S/C16H22N2O3/c1-13(19)18-7-4-16(5-8-18)9-15(12-21-16)20-11-14-3-2-6-17-10-14/h2-3,6,10,15H,4-5,7-9,11-12H2,1H3/t15-/m1/s1. The van der Waals surface area contributed by atoms with E-state index in [-0.39, 0.29) is 17.6 Å². The zero-order valence-electron chi connectivity index (χ0n) is 12.5. The molecule has 0 aliphatic carbocycles. The fourth-order valence-electron chi connectivity index (χ4n) is 3.18. The van der Waals surface area contributed by atoms with E-state index in [1.165, 1.54) is 0 Å². The first-order valence-electron chi connectivity index (χ1n) is 7.57. The summed E-state index contributed by atoms with van der Waals surface area (Å²) in [7, 11) is 0. The van der Waals surface area contributed by atoms with Gasteiger partial charge in [-0.3, -0.25) is 9.78 Å². The SMILES string of the molecule is CC(=O)N1CCC2(CC1)C[C@@H](OCc1cccnc1)CO2. The first kappa shape index (κ1) is 14.5. The zero-order valence-corrected chi connectivity index (χ0v) is 12.5. The summed E-state index contributed by atoms with van der Waals surface area (Å²) in [5.74, 6) is 0.159. The Morgan fingerprint density at radius 2 is 2.33 bits per heavy atom. The number of aromatic nitrogens is 1. The van der Waals surface area contributed by atoms with Crippen molar-refractivity contribution in [1.29, 1.82) is 0 Å². The molecule has 114 valence electrons. The van der Waals surface area contributed by atoms with Crippen molar-refractivity contribution in [1.82, 2.24) is 9.88 Å². The van der Waals surface area contributed by atoms with Crippen LogP contribution in [-0.4, -0.2) is 47.2 Å². The number of amides is 1. The molecule has 21 heavy (non-hydrogen) atoms. The molecule has 1 atom stereocenters. The summed E-state index contributed by atoms with van der Waals surface area (Å²) in [5, 5.41) is 0. The number of hydrogen-bond acceptors (Lipinski definition) is 4. The Morgan fingerprint density at radius 1 is 1.52 bits per heavy atom. The molecule has 1 amide bonds. The third-order valence-electron chi connectivity index (χ3n) is 4.50. The molecule has 0 N–H and O–H groups in total. The van der Waals surface area contributed by atoms with Gasteiger partial charge in [0.1, 0.15) is 0 Å². The molecule has 2 aliphatic rings. The monoisotopic (exact) mass is 290 g/mol. The van der Waals surface area contributed by atoms with Gasteiger partial charge in [0.25, 0.3) is 0 Å². The average molecular weight is 290 g/mol. The summed E-state index contributed by atoms with van der Waals surface area (Å²) >= 11 is 0. The number of rotatable bonds is 3. The number of nitrogens with zero attached hydrogens (tertiary/aromatic N) is 2. The maximum atomic E-state index is 11.4. The van der Waals surface area contributed by atoms with Gasteiger partial charge in [0, 0.05) is 38.8 Å². The van der Waals surface area contributed by atoms with Crippen LogP contribution in [-0.2, 0) is 20.9 Å². The van der Waals surface area contributed by atoms with Crippen LogP contribution in [0.2, 0.25) is 0 Å². The zero-order chi connectivity index (χ0) is 14.7. The second-order valence-electron chi connectivity index (χ2n) is 6.00. The summed E-state index contributed by atoms with van der Waals surface area (Å²) in [4.78, 5) is 17.4. The first-order chi connectivity index (χ1) is 10.2. The van der Waals surface area contributed by atoms with E-state index in [4.69, 9.17) is 9.47 Å². The number of carbonyl (C=O) groups excluding carboxylic acids is 1. The van der Waals surface area contributed by atoms with E-state index in [1.54, 1.807) is 13.1 Å². The minimum Gasteiger partial charge on any atom is -0.372 e. The molecule has 5 nitrogen and oxygen atoms in total. The molecular formula is C16H22N2O3. The van der Waals surface area contributed by atoms with Gasteiger partial charge in [-0.1, -0.05) is 6.07 Å². The van der Waals surface area contributed by atoms with E-state index in [9.17, 15) is 4.79 Å². The summed E-state index contributed by atoms with van der Waals surface area (Å²) in [6, 6.07) is 3.94. The molecule has 2 fully saturated rings. The molecule has 3 rings (SSSR count). The van der Waals surface area contributed by atoms with Gasteiger partial charge < -0.3 is 14.4 Å². The van der Waals surface area contributed by atoms with E-state index in [2.05, 4.69) is 4.98 Å². The smallest absolute Gasteiger partial charge is 0.219 e. The first-order valence-corrected chi connectivity index (χ1v) is 7.57. The minimum atomic E-state index is -0.0778. The van der Waals surface area contributed by atoms with Crippen molar-refractivity contribution in [3.05, 3.63) is 30.1 Å². The number of hydrogen-bond donors (Lipinski definition) is 0. The summed E-state index contributed by atoms with van der Waals surface area (Å²) in [6.07, 6.45) is 6.50. The highest BCUT2D eigenvalue weighted by Gasteiger charge is 2.43. The quantitative estimate of drug-likeness (QED) is 0.851. The predicted molar refractivity (Wildman–Crippen MR) is 77.6 cm³/mol. The van der Waals surface area contributed by atoms with Crippen molar-refractivity contribution in [2.45, 2.75) is 44.5 Å². The number of pyridine rings is 1. The third kappa shape index (κ3) is 3.41. The van der Waals surface area contributed by atoms with Crippen molar-refractivity contribution in [3.63, 3.8) is 0 Å². The molecule has 1 spiro atoms. The molecule has 2 saturated heterocycles. The average Bonchev–Trinajstić information content (AvgIpc) is 2.90. The van der Waals surface area contributed by atoms with Crippen LogP contribution in [0.4, 0.5) is 0 Å². The van der Waals surface area contributed by atoms with Gasteiger partial charge in [0.2, 0.25) is 5.91 Å². The lowest BCUT2D eigenvalue weighted by atomic mass is 9.88. The number of ether oxygens (including phenoxy) is 2. The Hall–Kier alpha value is -1.46. The Bertz CT molecular complexity index is 484. The van der Waals surface area contributed by atoms with Crippen molar-refractivity contribution >= 4 is 5.91 Å². The maximum absolute atomic E-state index is 11.4. The van der Waals surface area contributed by atoms with Crippen LogP contribution in [0.15, 0.2) is 24.5 Å². The van der Waals surface area contributed by atoms with Crippen LogP contribution in [0.25, 0.3) is 0 Å². The van der Waals surface area contributed by atoms with E-state index in [1.807, 2.05) is 23.2 Å². The van der Waals surface area contributed by atoms with Gasteiger partial charge in [0.05, 0.1) is 24.9 Å². The lowest BCUT2D eigenvalue weighted by Gasteiger charge is -2.38. The largest absolute Gasteiger partial charge is 0.372 e. The summed E-state index contributed by atoms with van der Waals surface area (Å²) in [6.45, 7) is 4.46. The molecule has 2 aliphatic heterocycles. The van der Waals surface area contributed by atoms with E-state index < -0.39 is 0 Å². The second kappa shape index (κ2) is 6.12. The van der Waals surface area contributed by atoms with Gasteiger partial charge in [-0.05, 0) is 24.5 Å². The summed E-state index contributed by atoms with van der Waals surface area (Å²) < 4.78 is 12.0. The Balaban J connectivity index is 1.48. The molecule has 5 heteroatoms. The molecule has 0 bridgehead atoms. The minimum absolute atomic E-state index is 0.0778. The topological polar surface area (TPSA) is 51.7 Å². The van der Waals surface area contributed by atoms with E-state index in [0.29, 0.717) is 13.2 Å². The van der Waals surface area contributed by atoms with E-state index in [0.717, 1.165) is 37.9 Å². The van der Waals surface area contributed by atoms with Crippen molar-refractivity contribution in [2.75, 3.05) is 19.7 Å². The van der Waals surface area contributed by atoms with Crippen LogP contribution >= 0.6 is 0 Å². The lowest BCUT2D eigenvalue weighted by Crippen LogP contribution is -2.45. The van der Waals surface area contributed by atoms with Gasteiger partial charge in [-0.2, -0.15) is 0 Å². The number of piperidine rings is 1. The summed E-state index contributed by atoms with van der Waals surface area (Å²) in [5.41, 5.74) is 1.01.